The zero-order chi connectivity index (χ0) is 22.6. The molecule has 9 nitrogen and oxygen atoms in total. The number of nitriles is 1. The zero-order valence-electron chi connectivity index (χ0n) is 17.9. The van der Waals surface area contributed by atoms with Crippen LogP contribution in [0.2, 0.25) is 0 Å². The third-order valence-electron chi connectivity index (χ3n) is 5.47. The second-order valence-electron chi connectivity index (χ2n) is 7.70. The van der Waals surface area contributed by atoms with E-state index in [1.165, 1.54) is 11.0 Å². The van der Waals surface area contributed by atoms with Crippen molar-refractivity contribution in [2.24, 2.45) is 0 Å². The molecule has 33 heavy (non-hydrogen) atoms. The molecule has 0 radical (unpaired) electrons. The number of rotatable bonds is 7. The van der Waals surface area contributed by atoms with E-state index in [4.69, 9.17) is 8.83 Å². The number of aromatic nitrogens is 2. The standard InChI is InChI=1S/C23H22N6O3S/c24-14-17-23(32-22(27-17)18-5-3-13-31-18)29-11-9-28(10-12-29)15-20(30)25-8-7-21-26-16-4-1-2-6-19(16)33-21/h1-6,13H,7-12,15H2,(H,25,30). The fourth-order valence-corrected chi connectivity index (χ4v) is 4.78. The predicted molar refractivity (Wildman–Crippen MR) is 124 cm³/mol. The van der Waals surface area contributed by atoms with Crippen molar-refractivity contribution in [2.45, 2.75) is 6.42 Å². The molecule has 1 N–H and O–H groups in total. The van der Waals surface area contributed by atoms with Gasteiger partial charge in [-0.15, -0.1) is 11.3 Å². The van der Waals surface area contributed by atoms with Gasteiger partial charge in [0.1, 0.15) is 6.07 Å². The van der Waals surface area contributed by atoms with E-state index in [9.17, 15) is 10.1 Å². The fourth-order valence-electron chi connectivity index (χ4n) is 3.81. The first kappa shape index (κ1) is 21.2. The van der Waals surface area contributed by atoms with Crippen molar-refractivity contribution < 1.29 is 13.6 Å². The molecule has 1 aliphatic rings. The van der Waals surface area contributed by atoms with Crippen LogP contribution in [0.25, 0.3) is 21.9 Å². The summed E-state index contributed by atoms with van der Waals surface area (Å²) in [5.41, 5.74) is 1.24. The molecule has 1 aliphatic heterocycles. The summed E-state index contributed by atoms with van der Waals surface area (Å²) in [7, 11) is 0. The van der Waals surface area contributed by atoms with Crippen LogP contribution >= 0.6 is 11.3 Å². The topological polar surface area (TPSA) is 111 Å². The number of nitrogens with zero attached hydrogens (tertiary/aromatic N) is 5. The average Bonchev–Trinajstić information content (AvgIpc) is 3.58. The number of fused-ring (bicyclic) bond motifs is 1. The summed E-state index contributed by atoms with van der Waals surface area (Å²) in [6.07, 6.45) is 2.26. The molecule has 4 heterocycles. The third kappa shape index (κ3) is 4.74. The lowest BCUT2D eigenvalue weighted by molar-refractivity contribution is -0.122. The van der Waals surface area contributed by atoms with E-state index in [2.05, 4.69) is 32.3 Å². The number of carbonyl (C=O) groups is 1. The molecule has 3 aromatic heterocycles. The molecule has 1 saturated heterocycles. The Hall–Kier alpha value is -3.68. The van der Waals surface area contributed by atoms with E-state index in [1.54, 1.807) is 23.5 Å². The number of carbonyl (C=O) groups excluding carboxylic acids is 1. The lowest BCUT2D eigenvalue weighted by Crippen LogP contribution is -2.49. The number of benzene rings is 1. The maximum atomic E-state index is 12.4. The van der Waals surface area contributed by atoms with Crippen LogP contribution in [0, 0.1) is 11.3 Å². The smallest absolute Gasteiger partial charge is 0.266 e. The van der Waals surface area contributed by atoms with E-state index in [-0.39, 0.29) is 11.6 Å². The zero-order valence-corrected chi connectivity index (χ0v) is 18.7. The molecule has 1 amide bonds. The van der Waals surface area contributed by atoms with E-state index >= 15 is 0 Å². The molecular formula is C23H22N6O3S. The highest BCUT2D eigenvalue weighted by atomic mass is 32.1. The van der Waals surface area contributed by atoms with Crippen molar-refractivity contribution in [2.75, 3.05) is 44.2 Å². The van der Waals surface area contributed by atoms with Gasteiger partial charge in [0.2, 0.25) is 17.5 Å². The molecule has 0 spiro atoms. The number of oxazole rings is 1. The molecule has 0 saturated carbocycles. The second kappa shape index (κ2) is 9.44. The fraction of sp³-hybridized carbons (Fsp3) is 0.304. The lowest BCUT2D eigenvalue weighted by Gasteiger charge is -2.33. The van der Waals surface area contributed by atoms with Gasteiger partial charge in [0.15, 0.2) is 5.76 Å². The molecule has 168 valence electrons. The van der Waals surface area contributed by atoms with Crippen LogP contribution in [0.5, 0.6) is 0 Å². The Morgan fingerprint density at radius 1 is 1.15 bits per heavy atom. The molecule has 1 fully saturated rings. The SMILES string of the molecule is N#Cc1nc(-c2ccco2)oc1N1CCN(CC(=O)NCCc2nc3ccccc3s2)CC1. The Labute approximate surface area is 194 Å². The summed E-state index contributed by atoms with van der Waals surface area (Å²) >= 11 is 1.67. The molecule has 5 rings (SSSR count). The lowest BCUT2D eigenvalue weighted by atomic mass is 10.3. The highest BCUT2D eigenvalue weighted by Gasteiger charge is 2.26. The number of nitrogens with one attached hydrogen (secondary N) is 1. The van der Waals surface area contributed by atoms with E-state index in [0.717, 1.165) is 16.9 Å². The van der Waals surface area contributed by atoms with Crippen LogP contribution in [0.4, 0.5) is 5.88 Å². The van der Waals surface area contributed by atoms with Crippen molar-refractivity contribution in [1.82, 2.24) is 20.2 Å². The normalized spacial score (nSPS) is 14.5. The first-order valence-corrected chi connectivity index (χ1v) is 11.5. The highest BCUT2D eigenvalue weighted by molar-refractivity contribution is 7.18. The summed E-state index contributed by atoms with van der Waals surface area (Å²) in [4.78, 5) is 25.3. The van der Waals surface area contributed by atoms with E-state index in [1.807, 2.05) is 23.1 Å². The molecule has 10 heteroatoms. The summed E-state index contributed by atoms with van der Waals surface area (Å²) in [5.74, 6) is 1.23. The van der Waals surface area contributed by atoms with Gasteiger partial charge >= 0.3 is 0 Å². The van der Waals surface area contributed by atoms with Crippen molar-refractivity contribution in [3.8, 4) is 17.7 Å². The Morgan fingerprint density at radius 2 is 2.00 bits per heavy atom. The quantitative estimate of drug-likeness (QED) is 0.446. The van der Waals surface area contributed by atoms with Crippen LogP contribution in [-0.2, 0) is 11.2 Å². The number of hydrogen-bond acceptors (Lipinski definition) is 9. The highest BCUT2D eigenvalue weighted by Crippen LogP contribution is 2.29. The number of thiazole rings is 1. The van der Waals surface area contributed by atoms with Gasteiger partial charge in [0, 0.05) is 39.1 Å². The number of hydrogen-bond donors (Lipinski definition) is 1. The predicted octanol–water partition coefficient (Wildman–Crippen LogP) is 2.90. The first-order valence-electron chi connectivity index (χ1n) is 10.7. The van der Waals surface area contributed by atoms with Gasteiger partial charge in [-0.05, 0) is 24.3 Å². The van der Waals surface area contributed by atoms with Gasteiger partial charge in [-0.25, -0.2) is 4.98 Å². The maximum absolute atomic E-state index is 12.4. The van der Waals surface area contributed by atoms with Gasteiger partial charge in [0.25, 0.3) is 5.89 Å². The molecule has 0 unspecified atom stereocenters. The minimum Gasteiger partial charge on any atom is -0.459 e. The van der Waals surface area contributed by atoms with Crippen molar-refractivity contribution >= 4 is 33.3 Å². The van der Waals surface area contributed by atoms with Gasteiger partial charge in [0.05, 0.1) is 28.0 Å². The van der Waals surface area contributed by atoms with Crippen LogP contribution < -0.4 is 10.2 Å². The summed E-state index contributed by atoms with van der Waals surface area (Å²) in [5, 5.41) is 13.5. The van der Waals surface area contributed by atoms with Gasteiger partial charge < -0.3 is 19.1 Å². The van der Waals surface area contributed by atoms with Crippen LogP contribution in [0.15, 0.2) is 51.5 Å². The molecule has 4 aromatic rings. The molecule has 1 aromatic carbocycles. The molecule has 0 atom stereocenters. The monoisotopic (exact) mass is 462 g/mol. The van der Waals surface area contributed by atoms with Gasteiger partial charge in [-0.2, -0.15) is 10.2 Å². The van der Waals surface area contributed by atoms with Crippen molar-refractivity contribution in [1.29, 1.82) is 5.26 Å². The Bertz CT molecular complexity index is 1250. The maximum Gasteiger partial charge on any atom is 0.266 e. The third-order valence-corrected chi connectivity index (χ3v) is 6.57. The number of piperazine rings is 1. The van der Waals surface area contributed by atoms with E-state index in [0.29, 0.717) is 56.8 Å². The minimum absolute atomic E-state index is 0.00189. The Morgan fingerprint density at radius 3 is 2.76 bits per heavy atom. The van der Waals surface area contributed by atoms with E-state index < -0.39 is 0 Å². The van der Waals surface area contributed by atoms with Gasteiger partial charge in [-0.3, -0.25) is 9.69 Å². The van der Waals surface area contributed by atoms with Crippen LogP contribution in [0.3, 0.4) is 0 Å². The minimum atomic E-state index is 0.00189. The number of anilines is 1. The second-order valence-corrected chi connectivity index (χ2v) is 8.82. The average molecular weight is 463 g/mol. The molecular weight excluding hydrogens is 440 g/mol. The number of amides is 1. The summed E-state index contributed by atoms with van der Waals surface area (Å²) < 4.78 is 12.3. The first-order chi connectivity index (χ1) is 16.2. The van der Waals surface area contributed by atoms with Crippen LogP contribution in [-0.4, -0.2) is 60.0 Å². The van der Waals surface area contributed by atoms with Crippen molar-refractivity contribution in [3.63, 3.8) is 0 Å². The number of furan rings is 1. The van der Waals surface area contributed by atoms with Crippen LogP contribution in [0.1, 0.15) is 10.7 Å². The Kier molecular flexibility index (Phi) is 6.06. The van der Waals surface area contributed by atoms with Gasteiger partial charge in [-0.1, -0.05) is 12.1 Å². The number of para-hydroxylation sites is 1. The molecule has 0 aliphatic carbocycles. The molecule has 0 bridgehead atoms. The summed E-state index contributed by atoms with van der Waals surface area (Å²) in [6.45, 7) is 3.56. The largest absolute Gasteiger partial charge is 0.459 e. The van der Waals surface area contributed by atoms with Crippen molar-refractivity contribution in [3.05, 3.63) is 53.4 Å². The summed E-state index contributed by atoms with van der Waals surface area (Å²) in [6, 6.07) is 13.6. The Balaban J connectivity index is 1.10.